The van der Waals surface area contributed by atoms with Gasteiger partial charge in [-0.15, -0.1) is 0 Å². The summed E-state index contributed by atoms with van der Waals surface area (Å²) in [5.74, 6) is 1.10. The fourth-order valence-corrected chi connectivity index (χ4v) is 1.51. The molecule has 1 rings (SSSR count). The average Bonchev–Trinajstić information content (AvgIpc) is 1.99. The molecule has 0 N–H and O–H groups in total. The molecule has 11 heavy (non-hydrogen) atoms. The highest BCUT2D eigenvalue weighted by Crippen LogP contribution is 2.27. The predicted octanol–water partition coefficient (Wildman–Crippen LogP) is 2.57. The standard InChI is InChI=1S/C10H16O/c1-4-9-5-7(2)8(3)10(11)6-9/h6-8H,4-5H2,1-3H3. The van der Waals surface area contributed by atoms with Gasteiger partial charge in [0, 0.05) is 5.92 Å². The molecule has 0 amide bonds. The summed E-state index contributed by atoms with van der Waals surface area (Å²) < 4.78 is 0. The Labute approximate surface area is 68.5 Å². The molecular formula is C10H16O. The fraction of sp³-hybridized carbons (Fsp3) is 0.700. The number of hydrogen-bond donors (Lipinski definition) is 0. The molecule has 0 aromatic rings. The quantitative estimate of drug-likeness (QED) is 0.564. The van der Waals surface area contributed by atoms with Crippen LogP contribution in [0.1, 0.15) is 33.6 Å². The Morgan fingerprint density at radius 3 is 2.64 bits per heavy atom. The van der Waals surface area contributed by atoms with E-state index < -0.39 is 0 Å². The smallest absolute Gasteiger partial charge is 0.158 e. The lowest BCUT2D eigenvalue weighted by Gasteiger charge is -2.23. The normalized spacial score (nSPS) is 31.9. The van der Waals surface area contributed by atoms with Gasteiger partial charge in [0.25, 0.3) is 0 Å². The molecule has 0 radical (unpaired) electrons. The van der Waals surface area contributed by atoms with Gasteiger partial charge in [0.2, 0.25) is 0 Å². The maximum absolute atomic E-state index is 11.3. The van der Waals surface area contributed by atoms with Crippen molar-refractivity contribution in [3.05, 3.63) is 11.6 Å². The second kappa shape index (κ2) is 3.21. The van der Waals surface area contributed by atoms with E-state index in [0.717, 1.165) is 12.8 Å². The molecule has 0 saturated carbocycles. The first-order chi connectivity index (χ1) is 5.15. The summed E-state index contributed by atoms with van der Waals surface area (Å²) in [4.78, 5) is 11.3. The third-order valence-corrected chi connectivity index (χ3v) is 2.69. The van der Waals surface area contributed by atoms with E-state index in [0.29, 0.717) is 11.7 Å². The highest BCUT2D eigenvalue weighted by molar-refractivity contribution is 5.93. The minimum Gasteiger partial charge on any atom is -0.295 e. The SMILES string of the molecule is CCC1=CC(=O)C(C)C(C)C1. The number of carbonyl (C=O) groups is 1. The van der Waals surface area contributed by atoms with Crippen molar-refractivity contribution in [3.8, 4) is 0 Å². The highest BCUT2D eigenvalue weighted by Gasteiger charge is 2.23. The van der Waals surface area contributed by atoms with Crippen LogP contribution in [0.15, 0.2) is 11.6 Å². The van der Waals surface area contributed by atoms with Gasteiger partial charge in [-0.25, -0.2) is 0 Å². The topological polar surface area (TPSA) is 17.1 Å². The number of carbonyl (C=O) groups excluding carboxylic acids is 1. The second-order valence-electron chi connectivity index (χ2n) is 3.53. The summed E-state index contributed by atoms with van der Waals surface area (Å²) in [6, 6.07) is 0. The van der Waals surface area contributed by atoms with Gasteiger partial charge in [-0.3, -0.25) is 4.79 Å². The van der Waals surface area contributed by atoms with Crippen molar-refractivity contribution in [3.63, 3.8) is 0 Å². The van der Waals surface area contributed by atoms with Gasteiger partial charge in [0.1, 0.15) is 0 Å². The minimum absolute atomic E-state index is 0.241. The molecule has 62 valence electrons. The molecule has 0 saturated heterocycles. The van der Waals surface area contributed by atoms with Gasteiger partial charge in [-0.05, 0) is 24.8 Å². The van der Waals surface area contributed by atoms with Crippen LogP contribution in [0.25, 0.3) is 0 Å². The lowest BCUT2D eigenvalue weighted by atomic mass is 9.80. The van der Waals surface area contributed by atoms with E-state index in [-0.39, 0.29) is 5.92 Å². The van der Waals surface area contributed by atoms with E-state index in [1.165, 1.54) is 5.57 Å². The minimum atomic E-state index is 0.241. The van der Waals surface area contributed by atoms with E-state index in [1.54, 1.807) is 0 Å². The van der Waals surface area contributed by atoms with E-state index in [1.807, 2.05) is 13.0 Å². The van der Waals surface area contributed by atoms with E-state index in [2.05, 4.69) is 13.8 Å². The number of rotatable bonds is 1. The number of allylic oxidation sites excluding steroid dienone is 2. The maximum atomic E-state index is 11.3. The monoisotopic (exact) mass is 152 g/mol. The van der Waals surface area contributed by atoms with Crippen molar-refractivity contribution >= 4 is 5.78 Å². The molecule has 1 heteroatoms. The van der Waals surface area contributed by atoms with Crippen LogP contribution < -0.4 is 0 Å². The van der Waals surface area contributed by atoms with Gasteiger partial charge in [0.15, 0.2) is 5.78 Å². The highest BCUT2D eigenvalue weighted by atomic mass is 16.1. The zero-order valence-corrected chi connectivity index (χ0v) is 7.55. The molecule has 0 fully saturated rings. The van der Waals surface area contributed by atoms with Crippen LogP contribution in [-0.4, -0.2) is 5.78 Å². The first kappa shape index (κ1) is 8.51. The second-order valence-corrected chi connectivity index (χ2v) is 3.53. The van der Waals surface area contributed by atoms with Crippen molar-refractivity contribution < 1.29 is 4.79 Å². The Bertz CT molecular complexity index is 191. The molecule has 1 aliphatic carbocycles. The molecule has 1 aliphatic rings. The first-order valence-electron chi connectivity index (χ1n) is 4.38. The van der Waals surface area contributed by atoms with Crippen molar-refractivity contribution in [2.75, 3.05) is 0 Å². The molecule has 1 nitrogen and oxygen atoms in total. The molecule has 0 aromatic heterocycles. The molecular weight excluding hydrogens is 136 g/mol. The van der Waals surface area contributed by atoms with Crippen molar-refractivity contribution in [1.29, 1.82) is 0 Å². The van der Waals surface area contributed by atoms with Gasteiger partial charge < -0.3 is 0 Å². The van der Waals surface area contributed by atoms with Gasteiger partial charge in [0.05, 0.1) is 0 Å². The number of hydrogen-bond acceptors (Lipinski definition) is 1. The van der Waals surface area contributed by atoms with Crippen LogP contribution in [0, 0.1) is 11.8 Å². The summed E-state index contributed by atoms with van der Waals surface area (Å²) in [6.45, 7) is 6.29. The summed E-state index contributed by atoms with van der Waals surface area (Å²) in [7, 11) is 0. The maximum Gasteiger partial charge on any atom is 0.158 e. The van der Waals surface area contributed by atoms with E-state index in [9.17, 15) is 4.79 Å². The Morgan fingerprint density at radius 1 is 1.55 bits per heavy atom. The lowest BCUT2D eigenvalue weighted by Crippen LogP contribution is -2.22. The Balaban J connectivity index is 2.76. The molecule has 0 aliphatic heterocycles. The van der Waals surface area contributed by atoms with Crippen LogP contribution in [0.5, 0.6) is 0 Å². The van der Waals surface area contributed by atoms with Crippen molar-refractivity contribution in [2.45, 2.75) is 33.6 Å². The van der Waals surface area contributed by atoms with Gasteiger partial charge in [-0.2, -0.15) is 0 Å². The van der Waals surface area contributed by atoms with Crippen molar-refractivity contribution in [1.82, 2.24) is 0 Å². The molecule has 0 spiro atoms. The molecule has 2 atom stereocenters. The summed E-state index contributed by atoms with van der Waals surface area (Å²) >= 11 is 0. The average molecular weight is 152 g/mol. The summed E-state index contributed by atoms with van der Waals surface area (Å²) in [6.07, 6.45) is 3.98. The van der Waals surface area contributed by atoms with Crippen LogP contribution >= 0.6 is 0 Å². The van der Waals surface area contributed by atoms with Gasteiger partial charge >= 0.3 is 0 Å². The molecule has 2 unspecified atom stereocenters. The Morgan fingerprint density at radius 2 is 2.18 bits per heavy atom. The van der Waals surface area contributed by atoms with Crippen LogP contribution in [0.3, 0.4) is 0 Å². The Kier molecular flexibility index (Phi) is 2.48. The van der Waals surface area contributed by atoms with Gasteiger partial charge in [-0.1, -0.05) is 26.3 Å². The first-order valence-corrected chi connectivity index (χ1v) is 4.38. The largest absolute Gasteiger partial charge is 0.295 e. The molecule has 0 heterocycles. The third kappa shape index (κ3) is 1.70. The van der Waals surface area contributed by atoms with E-state index in [4.69, 9.17) is 0 Å². The predicted molar refractivity (Wildman–Crippen MR) is 46.3 cm³/mol. The van der Waals surface area contributed by atoms with E-state index >= 15 is 0 Å². The summed E-state index contributed by atoms with van der Waals surface area (Å²) in [5.41, 5.74) is 1.32. The summed E-state index contributed by atoms with van der Waals surface area (Å²) in [5, 5.41) is 0. The molecule has 0 aromatic carbocycles. The number of ketones is 1. The van der Waals surface area contributed by atoms with Crippen LogP contribution in [0.4, 0.5) is 0 Å². The zero-order valence-electron chi connectivity index (χ0n) is 7.55. The fourth-order valence-electron chi connectivity index (χ4n) is 1.51. The van der Waals surface area contributed by atoms with Crippen LogP contribution in [-0.2, 0) is 4.79 Å². The lowest BCUT2D eigenvalue weighted by molar-refractivity contribution is -0.119. The zero-order chi connectivity index (χ0) is 8.43. The van der Waals surface area contributed by atoms with Crippen LogP contribution in [0.2, 0.25) is 0 Å². The van der Waals surface area contributed by atoms with Crippen molar-refractivity contribution in [2.24, 2.45) is 11.8 Å². The Hall–Kier alpha value is -0.590. The third-order valence-electron chi connectivity index (χ3n) is 2.69. The molecule has 0 bridgehead atoms.